The molecule has 1 aliphatic rings. The molecule has 0 radical (unpaired) electrons. The Bertz CT molecular complexity index is 789. The Morgan fingerprint density at radius 1 is 1.00 bits per heavy atom. The zero-order valence-electron chi connectivity index (χ0n) is 16.5. The number of anilines is 1. The normalized spacial score (nSPS) is 12.5. The molecule has 0 bridgehead atoms. The summed E-state index contributed by atoms with van der Waals surface area (Å²) >= 11 is 0. The van der Waals surface area contributed by atoms with E-state index >= 15 is 0 Å². The summed E-state index contributed by atoms with van der Waals surface area (Å²) < 4.78 is 10.7. The Morgan fingerprint density at radius 2 is 1.67 bits per heavy atom. The van der Waals surface area contributed by atoms with E-state index in [2.05, 4.69) is 56.5 Å². The van der Waals surface area contributed by atoms with Crippen LogP contribution in [0.1, 0.15) is 56.2 Å². The second kappa shape index (κ2) is 8.33. The highest BCUT2D eigenvalue weighted by molar-refractivity contribution is 5.81. The van der Waals surface area contributed by atoms with Gasteiger partial charge in [-0.1, -0.05) is 52.0 Å². The second-order valence-corrected chi connectivity index (χ2v) is 7.44. The molecule has 2 N–H and O–H groups in total. The number of hydrogen-bond donors (Lipinski definition) is 2. The van der Waals surface area contributed by atoms with Crippen LogP contribution >= 0.6 is 0 Å². The molecule has 0 aliphatic carbocycles. The van der Waals surface area contributed by atoms with E-state index in [-0.39, 0.29) is 19.2 Å². The topological polar surface area (TPSA) is 59.6 Å². The van der Waals surface area contributed by atoms with E-state index < -0.39 is 0 Å². The highest BCUT2D eigenvalue weighted by atomic mass is 16.7. The number of rotatable bonds is 7. The molecule has 1 heterocycles. The third-order valence-corrected chi connectivity index (χ3v) is 4.73. The van der Waals surface area contributed by atoms with Gasteiger partial charge in [-0.15, -0.1) is 0 Å². The van der Waals surface area contributed by atoms with Crippen LogP contribution in [0.25, 0.3) is 0 Å². The van der Waals surface area contributed by atoms with Crippen molar-refractivity contribution < 1.29 is 14.3 Å². The molecule has 5 nitrogen and oxygen atoms in total. The fraction of sp³-hybridized carbons (Fsp3) is 0.409. The lowest BCUT2D eigenvalue weighted by Crippen LogP contribution is -2.30. The van der Waals surface area contributed by atoms with E-state index in [0.29, 0.717) is 18.4 Å². The predicted octanol–water partition coefficient (Wildman–Crippen LogP) is 4.39. The molecule has 0 fully saturated rings. The third-order valence-electron chi connectivity index (χ3n) is 4.73. The fourth-order valence-corrected chi connectivity index (χ4v) is 3.24. The molecule has 3 rings (SSSR count). The zero-order chi connectivity index (χ0) is 19.4. The van der Waals surface area contributed by atoms with E-state index in [1.54, 1.807) is 0 Å². The molecule has 0 atom stereocenters. The van der Waals surface area contributed by atoms with Crippen molar-refractivity contribution in [2.75, 3.05) is 18.7 Å². The lowest BCUT2D eigenvalue weighted by atomic mass is 9.92. The number of hydrogen-bond acceptors (Lipinski definition) is 4. The van der Waals surface area contributed by atoms with Gasteiger partial charge in [0.05, 0.1) is 6.54 Å². The molecule has 1 aliphatic heterocycles. The van der Waals surface area contributed by atoms with Crippen molar-refractivity contribution in [2.45, 2.75) is 46.1 Å². The third kappa shape index (κ3) is 4.54. The van der Waals surface area contributed by atoms with E-state index in [4.69, 9.17) is 9.47 Å². The summed E-state index contributed by atoms with van der Waals surface area (Å²) in [5, 5.41) is 6.33. The van der Waals surface area contributed by atoms with Crippen molar-refractivity contribution >= 4 is 11.6 Å². The van der Waals surface area contributed by atoms with Gasteiger partial charge in [-0.05, 0) is 40.7 Å². The molecule has 5 heteroatoms. The van der Waals surface area contributed by atoms with Gasteiger partial charge in [0.1, 0.15) is 0 Å². The average Bonchev–Trinajstić information content (AvgIpc) is 3.11. The minimum Gasteiger partial charge on any atom is -0.454 e. The van der Waals surface area contributed by atoms with Crippen LogP contribution in [0, 0.1) is 0 Å². The summed E-state index contributed by atoms with van der Waals surface area (Å²) in [6.45, 7) is 9.64. The van der Waals surface area contributed by atoms with Crippen LogP contribution in [0.15, 0.2) is 36.4 Å². The number of fused-ring (bicyclic) bond motifs is 1. The summed E-state index contributed by atoms with van der Waals surface area (Å²) in [6.07, 6.45) is 0. The maximum absolute atomic E-state index is 12.4. The van der Waals surface area contributed by atoms with Crippen molar-refractivity contribution in [2.24, 2.45) is 0 Å². The first kappa shape index (κ1) is 19.1. The molecular weight excluding hydrogens is 340 g/mol. The van der Waals surface area contributed by atoms with Crippen molar-refractivity contribution in [1.82, 2.24) is 5.32 Å². The lowest BCUT2D eigenvalue weighted by molar-refractivity contribution is -0.119. The Morgan fingerprint density at radius 3 is 2.33 bits per heavy atom. The molecule has 2 aromatic carbocycles. The van der Waals surface area contributed by atoms with Crippen molar-refractivity contribution in [3.63, 3.8) is 0 Å². The Labute approximate surface area is 161 Å². The van der Waals surface area contributed by atoms with Crippen molar-refractivity contribution in [1.29, 1.82) is 0 Å². The number of nitrogens with one attached hydrogen (secondary N) is 2. The number of para-hydroxylation sites is 1. The standard InChI is InChI=1S/C22H28N2O3/c1-14(2)17-6-5-7-18(15(3)4)22(17)24-12-21(25)23-11-16-8-9-19-20(10-16)27-13-26-19/h5-10,14-15,24H,11-13H2,1-4H3,(H,23,25). The molecule has 0 spiro atoms. The highest BCUT2D eigenvalue weighted by Crippen LogP contribution is 2.33. The van der Waals surface area contributed by atoms with Crippen LogP contribution in [0.3, 0.4) is 0 Å². The first-order valence-corrected chi connectivity index (χ1v) is 9.47. The van der Waals surface area contributed by atoms with Crippen molar-refractivity contribution in [3.05, 3.63) is 53.1 Å². The quantitative estimate of drug-likeness (QED) is 0.761. The van der Waals surface area contributed by atoms with Gasteiger partial charge < -0.3 is 20.1 Å². The minimum absolute atomic E-state index is 0.0408. The first-order chi connectivity index (χ1) is 13.0. The molecule has 0 unspecified atom stereocenters. The van der Waals surface area contributed by atoms with E-state index in [0.717, 1.165) is 22.7 Å². The Hall–Kier alpha value is -2.69. The Kier molecular flexibility index (Phi) is 5.89. The molecule has 1 amide bonds. The molecular formula is C22H28N2O3. The minimum atomic E-state index is -0.0408. The zero-order valence-corrected chi connectivity index (χ0v) is 16.5. The van der Waals surface area contributed by atoms with Crippen LogP contribution in [-0.2, 0) is 11.3 Å². The van der Waals surface area contributed by atoms with Crippen molar-refractivity contribution in [3.8, 4) is 11.5 Å². The van der Waals surface area contributed by atoms with Gasteiger partial charge in [-0.2, -0.15) is 0 Å². The number of ether oxygens (including phenoxy) is 2. The number of carbonyl (C=O) groups is 1. The SMILES string of the molecule is CC(C)c1cccc(C(C)C)c1NCC(=O)NCc1ccc2c(c1)OCO2. The fourth-order valence-electron chi connectivity index (χ4n) is 3.24. The van der Waals surface area contributed by atoms with E-state index in [1.807, 2.05) is 18.2 Å². The molecule has 2 aromatic rings. The maximum atomic E-state index is 12.4. The second-order valence-electron chi connectivity index (χ2n) is 7.44. The summed E-state index contributed by atoms with van der Waals surface area (Å²) in [6, 6.07) is 12.1. The van der Waals surface area contributed by atoms with E-state index in [9.17, 15) is 4.79 Å². The van der Waals surface area contributed by atoms with Crippen LogP contribution in [0.4, 0.5) is 5.69 Å². The lowest BCUT2D eigenvalue weighted by Gasteiger charge is -2.20. The van der Waals surface area contributed by atoms with Gasteiger partial charge in [0.15, 0.2) is 11.5 Å². The van der Waals surface area contributed by atoms with Gasteiger partial charge in [0, 0.05) is 12.2 Å². The van der Waals surface area contributed by atoms with Crippen LogP contribution in [-0.4, -0.2) is 19.2 Å². The number of benzene rings is 2. The highest BCUT2D eigenvalue weighted by Gasteiger charge is 2.15. The molecule has 0 saturated carbocycles. The summed E-state index contributed by atoms with van der Waals surface area (Å²) in [7, 11) is 0. The molecule has 144 valence electrons. The van der Waals surface area contributed by atoms with Gasteiger partial charge in [0.2, 0.25) is 12.7 Å². The molecule has 27 heavy (non-hydrogen) atoms. The van der Waals surface area contributed by atoms with Gasteiger partial charge >= 0.3 is 0 Å². The first-order valence-electron chi connectivity index (χ1n) is 9.47. The van der Waals surface area contributed by atoms with Gasteiger partial charge in [-0.3, -0.25) is 4.79 Å². The smallest absolute Gasteiger partial charge is 0.239 e. The van der Waals surface area contributed by atoms with E-state index in [1.165, 1.54) is 11.1 Å². The summed E-state index contributed by atoms with van der Waals surface area (Å²) in [5.74, 6) is 2.22. The number of carbonyl (C=O) groups excluding carboxylic acids is 1. The predicted molar refractivity (Wildman–Crippen MR) is 108 cm³/mol. The molecule has 0 aromatic heterocycles. The van der Waals surface area contributed by atoms with Crippen LogP contribution in [0.5, 0.6) is 11.5 Å². The van der Waals surface area contributed by atoms with Gasteiger partial charge in [-0.25, -0.2) is 0 Å². The monoisotopic (exact) mass is 368 g/mol. The van der Waals surface area contributed by atoms with Crippen LogP contribution < -0.4 is 20.1 Å². The van der Waals surface area contributed by atoms with Crippen LogP contribution in [0.2, 0.25) is 0 Å². The Balaban J connectivity index is 1.61. The summed E-state index contributed by atoms with van der Waals surface area (Å²) in [4.78, 5) is 12.4. The molecule has 0 saturated heterocycles. The van der Waals surface area contributed by atoms with Gasteiger partial charge in [0.25, 0.3) is 0 Å². The average molecular weight is 368 g/mol. The number of amides is 1. The maximum Gasteiger partial charge on any atom is 0.239 e. The summed E-state index contributed by atoms with van der Waals surface area (Å²) in [5.41, 5.74) is 4.55. The largest absolute Gasteiger partial charge is 0.454 e.